The zero-order chi connectivity index (χ0) is 13.3. The van der Waals surface area contributed by atoms with Crippen LogP contribution in [-0.2, 0) is 4.74 Å². The van der Waals surface area contributed by atoms with E-state index in [1.165, 1.54) is 11.3 Å². The molecule has 0 saturated carbocycles. The number of rotatable bonds is 1. The highest BCUT2D eigenvalue weighted by Gasteiger charge is 2.38. The lowest BCUT2D eigenvalue weighted by molar-refractivity contribution is 0.0270. The highest BCUT2D eigenvalue weighted by molar-refractivity contribution is 7.09. The lowest BCUT2D eigenvalue weighted by Gasteiger charge is -2.24. The van der Waals surface area contributed by atoms with Crippen LogP contribution in [0.2, 0.25) is 0 Å². The van der Waals surface area contributed by atoms with E-state index in [1.807, 2.05) is 26.2 Å². The van der Waals surface area contributed by atoms with E-state index in [9.17, 15) is 9.90 Å². The summed E-state index contributed by atoms with van der Waals surface area (Å²) in [5.74, 6) is -0.0995. The van der Waals surface area contributed by atoms with Crippen molar-refractivity contribution in [1.29, 1.82) is 0 Å². The average Bonchev–Trinajstić information content (AvgIpc) is 2.82. The number of hydrogen-bond donors (Lipinski definition) is 1. The topological polar surface area (TPSA) is 62.7 Å². The summed E-state index contributed by atoms with van der Waals surface area (Å²) >= 11 is 1.50. The third-order valence-corrected chi connectivity index (χ3v) is 3.62. The van der Waals surface area contributed by atoms with Crippen LogP contribution in [0.25, 0.3) is 0 Å². The Balaban J connectivity index is 2.00. The van der Waals surface area contributed by atoms with E-state index in [0.29, 0.717) is 13.1 Å². The number of aromatic nitrogens is 1. The number of ether oxygens (including phenoxy) is 1. The van der Waals surface area contributed by atoms with Gasteiger partial charge in [-0.2, -0.15) is 0 Å². The quantitative estimate of drug-likeness (QED) is 0.845. The lowest BCUT2D eigenvalue weighted by Crippen LogP contribution is -2.35. The molecule has 2 atom stereocenters. The fourth-order valence-corrected chi connectivity index (χ4v) is 2.71. The van der Waals surface area contributed by atoms with Gasteiger partial charge >= 0.3 is 6.09 Å². The van der Waals surface area contributed by atoms with Crippen molar-refractivity contribution >= 4 is 17.4 Å². The summed E-state index contributed by atoms with van der Waals surface area (Å²) in [5.41, 5.74) is -0.513. The van der Waals surface area contributed by atoms with E-state index >= 15 is 0 Å². The Morgan fingerprint density at radius 1 is 1.56 bits per heavy atom. The van der Waals surface area contributed by atoms with E-state index in [4.69, 9.17) is 4.74 Å². The first-order valence-corrected chi connectivity index (χ1v) is 6.80. The summed E-state index contributed by atoms with van der Waals surface area (Å²) in [5, 5.41) is 12.7. The molecule has 1 aliphatic rings. The maximum Gasteiger partial charge on any atom is 0.410 e. The Bertz CT molecular complexity index is 413. The Hall–Kier alpha value is -1.14. The molecule has 5 nitrogen and oxygen atoms in total. The maximum absolute atomic E-state index is 11.9. The molecule has 1 saturated heterocycles. The second-order valence-corrected chi connectivity index (χ2v) is 6.36. The standard InChI is InChI=1S/C12H18N2O3S/c1-12(2,3)17-11(16)14-6-8(9(15)7-14)10-13-4-5-18-10/h4-5,8-9,15H,6-7H2,1-3H3. The summed E-state index contributed by atoms with van der Waals surface area (Å²) < 4.78 is 5.29. The molecule has 2 unspecified atom stereocenters. The van der Waals surface area contributed by atoms with E-state index < -0.39 is 11.7 Å². The lowest BCUT2D eigenvalue weighted by atomic mass is 10.1. The van der Waals surface area contributed by atoms with E-state index in [-0.39, 0.29) is 12.0 Å². The van der Waals surface area contributed by atoms with Gasteiger partial charge in [0.1, 0.15) is 5.60 Å². The Morgan fingerprint density at radius 3 is 2.83 bits per heavy atom. The molecular weight excluding hydrogens is 252 g/mol. The summed E-state index contributed by atoms with van der Waals surface area (Å²) in [7, 11) is 0. The molecule has 0 spiro atoms. The van der Waals surface area contributed by atoms with Crippen molar-refractivity contribution in [2.75, 3.05) is 13.1 Å². The normalized spacial score (nSPS) is 24.3. The number of aliphatic hydroxyl groups excluding tert-OH is 1. The Labute approximate surface area is 110 Å². The molecule has 1 N–H and O–H groups in total. The molecule has 1 fully saturated rings. The van der Waals surface area contributed by atoms with Crippen LogP contribution in [0.4, 0.5) is 4.79 Å². The summed E-state index contributed by atoms with van der Waals surface area (Å²) in [6.07, 6.45) is 0.771. The van der Waals surface area contributed by atoms with Crippen molar-refractivity contribution < 1.29 is 14.6 Å². The number of β-amino-alcohol motifs (C(OH)–C–C–N with tert-alkyl or cyclic N) is 1. The number of carbonyl (C=O) groups excluding carboxylic acids is 1. The SMILES string of the molecule is CC(C)(C)OC(=O)N1CC(O)C(c2nccs2)C1. The Morgan fingerprint density at radius 2 is 2.28 bits per heavy atom. The van der Waals surface area contributed by atoms with Gasteiger partial charge in [-0.05, 0) is 20.8 Å². The summed E-state index contributed by atoms with van der Waals surface area (Å²) in [6.45, 7) is 6.25. The van der Waals surface area contributed by atoms with Crippen molar-refractivity contribution in [2.45, 2.75) is 38.4 Å². The van der Waals surface area contributed by atoms with Gasteiger partial charge in [-0.15, -0.1) is 11.3 Å². The van der Waals surface area contributed by atoms with Crippen LogP contribution in [0.15, 0.2) is 11.6 Å². The van der Waals surface area contributed by atoms with Crippen molar-refractivity contribution in [2.24, 2.45) is 0 Å². The molecule has 0 bridgehead atoms. The Kier molecular flexibility index (Phi) is 3.59. The molecule has 2 rings (SSSR count). The first-order valence-electron chi connectivity index (χ1n) is 5.92. The largest absolute Gasteiger partial charge is 0.444 e. The fourth-order valence-electron chi connectivity index (χ4n) is 1.92. The van der Waals surface area contributed by atoms with Crippen molar-refractivity contribution in [3.05, 3.63) is 16.6 Å². The molecule has 0 aromatic carbocycles. The summed E-state index contributed by atoms with van der Waals surface area (Å²) in [4.78, 5) is 17.6. The molecular formula is C12H18N2O3S. The van der Waals surface area contributed by atoms with Gasteiger partial charge in [0, 0.05) is 18.1 Å². The number of nitrogens with zero attached hydrogens (tertiary/aromatic N) is 2. The smallest absolute Gasteiger partial charge is 0.410 e. The third-order valence-electron chi connectivity index (χ3n) is 2.71. The minimum absolute atomic E-state index is 0.0995. The first-order chi connectivity index (χ1) is 8.37. The molecule has 100 valence electrons. The molecule has 6 heteroatoms. The van der Waals surface area contributed by atoms with Gasteiger partial charge in [0.15, 0.2) is 0 Å². The van der Waals surface area contributed by atoms with Gasteiger partial charge in [-0.3, -0.25) is 0 Å². The van der Waals surface area contributed by atoms with Gasteiger partial charge in [-0.1, -0.05) is 0 Å². The van der Waals surface area contributed by atoms with E-state index in [0.717, 1.165) is 5.01 Å². The predicted octanol–water partition coefficient (Wildman–Crippen LogP) is 1.84. The average molecular weight is 270 g/mol. The minimum atomic E-state index is -0.566. The van der Waals surface area contributed by atoms with Crippen molar-refractivity contribution in [3.8, 4) is 0 Å². The molecule has 2 heterocycles. The number of aliphatic hydroxyl groups is 1. The molecule has 1 amide bonds. The molecule has 1 aromatic heterocycles. The maximum atomic E-state index is 11.9. The highest BCUT2D eigenvalue weighted by Crippen LogP contribution is 2.29. The third kappa shape index (κ3) is 3.00. The zero-order valence-electron chi connectivity index (χ0n) is 10.8. The van der Waals surface area contributed by atoms with Crippen LogP contribution in [0, 0.1) is 0 Å². The molecule has 1 aromatic rings. The predicted molar refractivity (Wildman–Crippen MR) is 68.7 cm³/mol. The first kappa shape index (κ1) is 13.3. The van der Waals surface area contributed by atoms with Gasteiger partial charge in [0.05, 0.1) is 23.6 Å². The van der Waals surface area contributed by atoms with E-state index in [1.54, 1.807) is 11.1 Å². The number of amides is 1. The zero-order valence-corrected chi connectivity index (χ0v) is 11.6. The summed E-state index contributed by atoms with van der Waals surface area (Å²) in [6, 6.07) is 0. The van der Waals surface area contributed by atoms with Crippen LogP contribution in [0.1, 0.15) is 31.7 Å². The second-order valence-electron chi connectivity index (χ2n) is 5.43. The van der Waals surface area contributed by atoms with Gasteiger partial charge in [0.2, 0.25) is 0 Å². The second kappa shape index (κ2) is 4.85. The van der Waals surface area contributed by atoms with Gasteiger partial charge < -0.3 is 14.7 Å². The number of thiazole rings is 1. The number of likely N-dealkylation sites (tertiary alicyclic amines) is 1. The minimum Gasteiger partial charge on any atom is -0.444 e. The van der Waals surface area contributed by atoms with Crippen LogP contribution < -0.4 is 0 Å². The van der Waals surface area contributed by atoms with Crippen LogP contribution in [0.3, 0.4) is 0 Å². The molecule has 0 aliphatic carbocycles. The van der Waals surface area contributed by atoms with Crippen molar-refractivity contribution in [3.63, 3.8) is 0 Å². The van der Waals surface area contributed by atoms with Crippen molar-refractivity contribution in [1.82, 2.24) is 9.88 Å². The molecule has 1 aliphatic heterocycles. The molecule has 18 heavy (non-hydrogen) atoms. The number of carbonyl (C=O) groups is 1. The molecule has 0 radical (unpaired) electrons. The van der Waals surface area contributed by atoms with Gasteiger partial charge in [0.25, 0.3) is 0 Å². The van der Waals surface area contributed by atoms with Crippen LogP contribution in [0.5, 0.6) is 0 Å². The van der Waals surface area contributed by atoms with E-state index in [2.05, 4.69) is 4.98 Å². The number of hydrogen-bond acceptors (Lipinski definition) is 5. The van der Waals surface area contributed by atoms with Gasteiger partial charge in [-0.25, -0.2) is 9.78 Å². The monoisotopic (exact) mass is 270 g/mol. The van der Waals surface area contributed by atoms with Crippen LogP contribution >= 0.6 is 11.3 Å². The van der Waals surface area contributed by atoms with Crippen LogP contribution in [-0.4, -0.2) is 45.9 Å². The highest BCUT2D eigenvalue weighted by atomic mass is 32.1. The fraction of sp³-hybridized carbons (Fsp3) is 0.667.